The Morgan fingerprint density at radius 1 is 1.16 bits per heavy atom. The van der Waals surface area contributed by atoms with Crippen LogP contribution in [0.5, 0.6) is 0 Å². The maximum absolute atomic E-state index is 13.3. The van der Waals surface area contributed by atoms with Crippen molar-refractivity contribution in [2.24, 2.45) is 0 Å². The van der Waals surface area contributed by atoms with Crippen LogP contribution in [-0.4, -0.2) is 51.0 Å². The molecule has 0 heterocycles. The Labute approximate surface area is 200 Å². The van der Waals surface area contributed by atoms with Crippen molar-refractivity contribution in [3.63, 3.8) is 0 Å². The topological polar surface area (TPSA) is 86.8 Å². The Hall–Kier alpha value is -1.81. The van der Waals surface area contributed by atoms with E-state index in [1.54, 1.807) is 6.92 Å². The van der Waals surface area contributed by atoms with Gasteiger partial charge in [0.05, 0.1) is 17.0 Å². The third-order valence-electron chi connectivity index (χ3n) is 4.51. The molecule has 0 saturated heterocycles. The molecule has 0 aliphatic heterocycles. The Bertz CT molecular complexity index is 1080. The minimum absolute atomic E-state index is 0.0867. The third kappa shape index (κ3) is 6.83. The molecular formula is C20H22BrCl2N3O4S. The van der Waals surface area contributed by atoms with Crippen molar-refractivity contribution in [2.45, 2.75) is 19.5 Å². The number of hydrogen-bond acceptors (Lipinski definition) is 4. The lowest BCUT2D eigenvalue weighted by molar-refractivity contribution is -0.139. The summed E-state index contributed by atoms with van der Waals surface area (Å²) in [5.41, 5.74) is 0.894. The maximum atomic E-state index is 13.3. The Kier molecular flexibility index (Phi) is 8.76. The van der Waals surface area contributed by atoms with Crippen LogP contribution in [0.3, 0.4) is 0 Å². The van der Waals surface area contributed by atoms with Gasteiger partial charge in [0.25, 0.3) is 0 Å². The van der Waals surface area contributed by atoms with Crippen molar-refractivity contribution in [3.05, 3.63) is 62.5 Å². The van der Waals surface area contributed by atoms with Crippen LogP contribution in [0.1, 0.15) is 12.5 Å². The van der Waals surface area contributed by atoms with Gasteiger partial charge in [-0.25, -0.2) is 8.42 Å². The van der Waals surface area contributed by atoms with Crippen molar-refractivity contribution >= 4 is 66.7 Å². The molecule has 11 heteroatoms. The van der Waals surface area contributed by atoms with Crippen LogP contribution in [0.15, 0.2) is 46.9 Å². The molecule has 0 aliphatic carbocycles. The highest BCUT2D eigenvalue weighted by Crippen LogP contribution is 2.30. The molecule has 0 bridgehead atoms. The molecule has 0 aliphatic rings. The number of likely N-dealkylation sites (N-methyl/N-ethyl adjacent to an activating group) is 1. The van der Waals surface area contributed by atoms with Gasteiger partial charge in [0.1, 0.15) is 12.6 Å². The summed E-state index contributed by atoms with van der Waals surface area (Å²) in [5.74, 6) is -0.939. The lowest BCUT2D eigenvalue weighted by Gasteiger charge is -2.31. The van der Waals surface area contributed by atoms with E-state index < -0.39 is 28.5 Å². The van der Waals surface area contributed by atoms with Crippen LogP contribution in [0, 0.1) is 0 Å². The monoisotopic (exact) mass is 549 g/mol. The molecule has 0 fully saturated rings. The van der Waals surface area contributed by atoms with E-state index in [1.165, 1.54) is 30.1 Å². The zero-order valence-electron chi connectivity index (χ0n) is 17.1. The second-order valence-corrected chi connectivity index (χ2v) is 10.5. The molecule has 31 heavy (non-hydrogen) atoms. The van der Waals surface area contributed by atoms with Crippen molar-refractivity contribution in [3.8, 4) is 0 Å². The number of carbonyl (C=O) groups is 2. The van der Waals surface area contributed by atoms with Crippen LogP contribution in [0.4, 0.5) is 5.69 Å². The number of nitrogens with one attached hydrogen (secondary N) is 1. The van der Waals surface area contributed by atoms with Crippen molar-refractivity contribution < 1.29 is 18.0 Å². The minimum atomic E-state index is -3.86. The largest absolute Gasteiger partial charge is 0.357 e. The Balaban J connectivity index is 2.42. The summed E-state index contributed by atoms with van der Waals surface area (Å²) >= 11 is 15.5. The number of nitrogens with zero attached hydrogens (tertiary/aromatic N) is 2. The van der Waals surface area contributed by atoms with E-state index in [0.29, 0.717) is 5.02 Å². The number of amides is 2. The first-order valence-corrected chi connectivity index (χ1v) is 12.5. The highest BCUT2D eigenvalue weighted by atomic mass is 79.9. The normalized spacial score (nSPS) is 12.2. The zero-order chi connectivity index (χ0) is 23.3. The average Bonchev–Trinajstić information content (AvgIpc) is 2.68. The summed E-state index contributed by atoms with van der Waals surface area (Å²) in [6, 6.07) is 10.8. The van der Waals surface area contributed by atoms with Crippen molar-refractivity contribution in [1.29, 1.82) is 0 Å². The number of carbonyl (C=O) groups excluding carboxylic acids is 2. The second kappa shape index (κ2) is 10.7. The molecule has 1 atom stereocenters. The standard InChI is InChI=1S/C20H22BrCl2N3O4S/c1-13(20(28)24-2)25(11-14-5-4-6-15(21)9-14)19(27)12-26(31(3,29)30)18-8-7-16(22)10-17(18)23/h4-10,13H,11-12H2,1-3H3,(H,24,28)/t13-/m0/s1. The lowest BCUT2D eigenvalue weighted by Crippen LogP contribution is -2.50. The first-order chi connectivity index (χ1) is 14.4. The van der Waals surface area contributed by atoms with Gasteiger partial charge < -0.3 is 10.2 Å². The van der Waals surface area contributed by atoms with E-state index in [1.807, 2.05) is 24.3 Å². The second-order valence-electron chi connectivity index (χ2n) is 6.81. The van der Waals surface area contributed by atoms with Gasteiger partial charge in [0.2, 0.25) is 21.8 Å². The van der Waals surface area contributed by atoms with Crippen LogP contribution >= 0.6 is 39.1 Å². The summed E-state index contributed by atoms with van der Waals surface area (Å²) in [5, 5.41) is 2.94. The third-order valence-corrected chi connectivity index (χ3v) is 6.67. The highest BCUT2D eigenvalue weighted by Gasteiger charge is 2.30. The first kappa shape index (κ1) is 25.5. The maximum Gasteiger partial charge on any atom is 0.244 e. The van der Waals surface area contributed by atoms with Crippen molar-refractivity contribution in [2.75, 3.05) is 24.2 Å². The quantitative estimate of drug-likeness (QED) is 0.543. The molecular weight excluding hydrogens is 529 g/mol. The van der Waals surface area contributed by atoms with Gasteiger partial charge in [0, 0.05) is 23.1 Å². The fourth-order valence-electron chi connectivity index (χ4n) is 2.90. The van der Waals surface area contributed by atoms with Crippen LogP contribution in [0.2, 0.25) is 10.0 Å². The van der Waals surface area contributed by atoms with Crippen LogP contribution < -0.4 is 9.62 Å². The predicted molar refractivity (Wildman–Crippen MR) is 127 cm³/mol. The molecule has 0 radical (unpaired) electrons. The minimum Gasteiger partial charge on any atom is -0.357 e. The molecule has 7 nitrogen and oxygen atoms in total. The SMILES string of the molecule is CNC(=O)[C@H](C)N(Cc1cccc(Br)c1)C(=O)CN(c1ccc(Cl)cc1Cl)S(C)(=O)=O. The summed E-state index contributed by atoms with van der Waals surface area (Å²) in [4.78, 5) is 26.9. The first-order valence-electron chi connectivity index (χ1n) is 9.12. The molecule has 0 aromatic heterocycles. The van der Waals surface area contributed by atoms with Crippen LogP contribution in [-0.2, 0) is 26.2 Å². The molecule has 0 spiro atoms. The summed E-state index contributed by atoms with van der Waals surface area (Å²) < 4.78 is 26.7. The number of hydrogen-bond donors (Lipinski definition) is 1. The van der Waals surface area contributed by atoms with Gasteiger partial charge in [-0.15, -0.1) is 0 Å². The number of halogens is 3. The molecule has 1 N–H and O–H groups in total. The Morgan fingerprint density at radius 3 is 2.39 bits per heavy atom. The molecule has 2 rings (SSSR count). The fraction of sp³-hybridized carbons (Fsp3) is 0.300. The number of rotatable bonds is 8. The number of anilines is 1. The van der Waals surface area contributed by atoms with E-state index >= 15 is 0 Å². The summed E-state index contributed by atoms with van der Waals surface area (Å²) in [6.45, 7) is 1.16. The van der Waals surface area contributed by atoms with E-state index in [0.717, 1.165) is 20.6 Å². The zero-order valence-corrected chi connectivity index (χ0v) is 21.0. The van der Waals surface area contributed by atoms with Gasteiger partial charge in [0.15, 0.2) is 0 Å². The fourth-order valence-corrected chi connectivity index (χ4v) is 4.77. The van der Waals surface area contributed by atoms with E-state index in [2.05, 4.69) is 21.2 Å². The molecule has 2 amide bonds. The molecule has 2 aromatic rings. The number of benzene rings is 2. The molecule has 168 valence electrons. The molecule has 0 unspecified atom stereocenters. The highest BCUT2D eigenvalue weighted by molar-refractivity contribution is 9.10. The molecule has 0 saturated carbocycles. The van der Waals surface area contributed by atoms with Gasteiger partial charge in [-0.3, -0.25) is 13.9 Å². The van der Waals surface area contributed by atoms with E-state index in [9.17, 15) is 18.0 Å². The van der Waals surface area contributed by atoms with E-state index in [-0.39, 0.29) is 23.2 Å². The molecule has 2 aromatic carbocycles. The van der Waals surface area contributed by atoms with Gasteiger partial charge in [-0.2, -0.15) is 0 Å². The predicted octanol–water partition coefficient (Wildman–Crippen LogP) is 3.69. The Morgan fingerprint density at radius 2 is 1.84 bits per heavy atom. The van der Waals surface area contributed by atoms with Crippen molar-refractivity contribution in [1.82, 2.24) is 10.2 Å². The van der Waals surface area contributed by atoms with Crippen LogP contribution in [0.25, 0.3) is 0 Å². The number of sulfonamides is 1. The average molecular weight is 551 g/mol. The van der Waals surface area contributed by atoms with Gasteiger partial charge in [-0.1, -0.05) is 51.3 Å². The van der Waals surface area contributed by atoms with Gasteiger partial charge >= 0.3 is 0 Å². The van der Waals surface area contributed by atoms with E-state index in [4.69, 9.17) is 23.2 Å². The lowest BCUT2D eigenvalue weighted by atomic mass is 10.1. The smallest absolute Gasteiger partial charge is 0.244 e. The summed E-state index contributed by atoms with van der Waals surface area (Å²) in [7, 11) is -2.39. The van der Waals surface area contributed by atoms with Gasteiger partial charge in [-0.05, 0) is 42.8 Å². The summed E-state index contributed by atoms with van der Waals surface area (Å²) in [6.07, 6.45) is 0.978.